The van der Waals surface area contributed by atoms with Gasteiger partial charge in [0.2, 0.25) is 0 Å². The normalized spacial score (nSPS) is 9.92. The number of anilines is 1. The van der Waals surface area contributed by atoms with E-state index >= 15 is 0 Å². The van der Waals surface area contributed by atoms with Gasteiger partial charge in [-0.3, -0.25) is 0 Å². The summed E-state index contributed by atoms with van der Waals surface area (Å²) in [6, 6.07) is 7.61. The summed E-state index contributed by atoms with van der Waals surface area (Å²) in [7, 11) is 0. The van der Waals surface area contributed by atoms with Crippen molar-refractivity contribution in [3.63, 3.8) is 0 Å². The Balaban J connectivity index is 2.86. The minimum absolute atomic E-state index is 0.627. The van der Waals surface area contributed by atoms with Gasteiger partial charge in [0, 0.05) is 15.8 Å². The first-order chi connectivity index (χ1) is 5.81. The second kappa shape index (κ2) is 2.50. The summed E-state index contributed by atoms with van der Waals surface area (Å²) < 4.78 is 1.08. The van der Waals surface area contributed by atoms with Gasteiger partial charge in [0.15, 0.2) is 0 Å². The molecule has 1 heterocycles. The Hall–Kier alpha value is -1.53. The van der Waals surface area contributed by atoms with Crippen molar-refractivity contribution in [1.82, 2.24) is 0 Å². The average Bonchev–Trinajstić information content (AvgIpc) is 2.52. The van der Waals surface area contributed by atoms with E-state index in [0.29, 0.717) is 11.3 Å². The third kappa shape index (κ3) is 0.936. The van der Waals surface area contributed by atoms with Crippen LogP contribution in [0.4, 0.5) is 5.69 Å². The summed E-state index contributed by atoms with van der Waals surface area (Å²) in [6.07, 6.45) is 0. The SMILES string of the molecule is N#Cc1cc(N)c2ccsc2c1. The fraction of sp³-hybridized carbons (Fsp3) is 0. The summed E-state index contributed by atoms with van der Waals surface area (Å²) >= 11 is 1.60. The summed E-state index contributed by atoms with van der Waals surface area (Å²) in [5, 5.41) is 11.7. The van der Waals surface area contributed by atoms with Crippen LogP contribution in [0.25, 0.3) is 10.1 Å². The molecule has 12 heavy (non-hydrogen) atoms. The molecule has 0 spiro atoms. The Labute approximate surface area is 73.9 Å². The van der Waals surface area contributed by atoms with E-state index in [2.05, 4.69) is 6.07 Å². The topological polar surface area (TPSA) is 49.8 Å². The van der Waals surface area contributed by atoms with Crippen molar-refractivity contribution >= 4 is 27.1 Å². The van der Waals surface area contributed by atoms with E-state index in [-0.39, 0.29) is 0 Å². The molecular formula is C9H6N2S. The van der Waals surface area contributed by atoms with Gasteiger partial charge in [-0.25, -0.2) is 0 Å². The predicted molar refractivity (Wildman–Crippen MR) is 51.0 cm³/mol. The molecule has 0 saturated carbocycles. The van der Waals surface area contributed by atoms with Crippen molar-refractivity contribution in [3.8, 4) is 6.07 Å². The van der Waals surface area contributed by atoms with Gasteiger partial charge in [-0.15, -0.1) is 11.3 Å². The highest BCUT2D eigenvalue weighted by Crippen LogP contribution is 2.27. The molecule has 2 N–H and O–H groups in total. The maximum atomic E-state index is 8.66. The van der Waals surface area contributed by atoms with Crippen LogP contribution in [0.5, 0.6) is 0 Å². The van der Waals surface area contributed by atoms with Gasteiger partial charge in [-0.1, -0.05) is 0 Å². The fourth-order valence-electron chi connectivity index (χ4n) is 1.16. The quantitative estimate of drug-likeness (QED) is 0.623. The minimum Gasteiger partial charge on any atom is -0.398 e. The summed E-state index contributed by atoms with van der Waals surface area (Å²) in [4.78, 5) is 0. The highest BCUT2D eigenvalue weighted by Gasteiger charge is 2.01. The number of nitrogens with two attached hydrogens (primary N) is 1. The minimum atomic E-state index is 0.627. The van der Waals surface area contributed by atoms with Crippen molar-refractivity contribution in [2.75, 3.05) is 5.73 Å². The monoisotopic (exact) mass is 174 g/mol. The van der Waals surface area contributed by atoms with Crippen LogP contribution in [0.2, 0.25) is 0 Å². The average molecular weight is 174 g/mol. The molecule has 0 bridgehead atoms. The van der Waals surface area contributed by atoms with Gasteiger partial charge >= 0.3 is 0 Å². The van der Waals surface area contributed by atoms with Gasteiger partial charge in [-0.05, 0) is 23.6 Å². The maximum Gasteiger partial charge on any atom is 0.0992 e. The first-order valence-corrected chi connectivity index (χ1v) is 4.36. The summed E-state index contributed by atoms with van der Waals surface area (Å²) in [6.45, 7) is 0. The van der Waals surface area contributed by atoms with Gasteiger partial charge in [0.25, 0.3) is 0 Å². The van der Waals surface area contributed by atoms with E-state index in [4.69, 9.17) is 11.0 Å². The highest BCUT2D eigenvalue weighted by atomic mass is 32.1. The Morgan fingerprint density at radius 1 is 1.42 bits per heavy atom. The number of thiophene rings is 1. The molecule has 1 aromatic heterocycles. The molecule has 0 saturated heterocycles. The zero-order chi connectivity index (χ0) is 8.55. The molecule has 0 amide bonds. The van der Waals surface area contributed by atoms with Crippen LogP contribution in [0.15, 0.2) is 23.6 Å². The van der Waals surface area contributed by atoms with Crippen molar-refractivity contribution < 1.29 is 0 Å². The lowest BCUT2D eigenvalue weighted by atomic mass is 10.1. The number of nitrogen functional groups attached to an aromatic ring is 1. The second-order valence-electron chi connectivity index (χ2n) is 2.51. The molecule has 2 nitrogen and oxygen atoms in total. The van der Waals surface area contributed by atoms with Crippen molar-refractivity contribution in [1.29, 1.82) is 5.26 Å². The van der Waals surface area contributed by atoms with E-state index in [9.17, 15) is 0 Å². The Morgan fingerprint density at radius 3 is 3.00 bits per heavy atom. The Morgan fingerprint density at radius 2 is 2.25 bits per heavy atom. The number of nitriles is 1. The first kappa shape index (κ1) is 7.14. The summed E-state index contributed by atoms with van der Waals surface area (Å²) in [5.74, 6) is 0. The number of rotatable bonds is 0. The zero-order valence-corrected chi connectivity index (χ0v) is 7.06. The van der Waals surface area contributed by atoms with Crippen molar-refractivity contribution in [2.45, 2.75) is 0 Å². The number of benzene rings is 1. The third-order valence-electron chi connectivity index (χ3n) is 1.73. The van der Waals surface area contributed by atoms with Crippen LogP contribution in [-0.2, 0) is 0 Å². The molecule has 3 heteroatoms. The molecule has 0 aliphatic heterocycles. The molecule has 1 aromatic carbocycles. The lowest BCUT2D eigenvalue weighted by Crippen LogP contribution is -1.85. The van der Waals surface area contributed by atoms with Crippen LogP contribution in [-0.4, -0.2) is 0 Å². The van der Waals surface area contributed by atoms with Crippen LogP contribution >= 0.6 is 11.3 Å². The molecule has 0 atom stereocenters. The predicted octanol–water partition coefficient (Wildman–Crippen LogP) is 2.36. The lowest BCUT2D eigenvalue weighted by molar-refractivity contribution is 1.50. The number of nitrogens with zero attached hydrogens (tertiary/aromatic N) is 1. The van der Waals surface area contributed by atoms with E-state index in [0.717, 1.165) is 10.1 Å². The maximum absolute atomic E-state index is 8.66. The fourth-order valence-corrected chi connectivity index (χ4v) is 2.02. The van der Waals surface area contributed by atoms with Crippen LogP contribution in [0, 0.1) is 11.3 Å². The number of fused-ring (bicyclic) bond motifs is 1. The molecular weight excluding hydrogens is 168 g/mol. The molecule has 58 valence electrons. The van der Waals surface area contributed by atoms with E-state index in [1.807, 2.05) is 17.5 Å². The van der Waals surface area contributed by atoms with Gasteiger partial charge in [0.1, 0.15) is 0 Å². The van der Waals surface area contributed by atoms with Crippen molar-refractivity contribution in [2.24, 2.45) is 0 Å². The summed E-state index contributed by atoms with van der Waals surface area (Å²) in [5.41, 5.74) is 7.05. The van der Waals surface area contributed by atoms with Gasteiger partial charge in [-0.2, -0.15) is 5.26 Å². The van der Waals surface area contributed by atoms with Crippen LogP contribution in [0.1, 0.15) is 5.56 Å². The molecule has 0 aliphatic rings. The van der Waals surface area contributed by atoms with Gasteiger partial charge in [0.05, 0.1) is 11.6 Å². The van der Waals surface area contributed by atoms with E-state index in [1.54, 1.807) is 17.4 Å². The Bertz CT molecular complexity index is 465. The molecule has 0 fully saturated rings. The number of hydrogen-bond donors (Lipinski definition) is 1. The highest BCUT2D eigenvalue weighted by molar-refractivity contribution is 7.17. The molecule has 0 radical (unpaired) electrons. The van der Waals surface area contributed by atoms with Crippen LogP contribution < -0.4 is 5.73 Å². The molecule has 0 unspecified atom stereocenters. The van der Waals surface area contributed by atoms with E-state index in [1.165, 1.54) is 0 Å². The second-order valence-corrected chi connectivity index (χ2v) is 3.46. The van der Waals surface area contributed by atoms with Gasteiger partial charge < -0.3 is 5.73 Å². The first-order valence-electron chi connectivity index (χ1n) is 3.48. The Kier molecular flexibility index (Phi) is 1.49. The smallest absolute Gasteiger partial charge is 0.0992 e. The lowest BCUT2D eigenvalue weighted by Gasteiger charge is -1.95. The van der Waals surface area contributed by atoms with E-state index < -0.39 is 0 Å². The molecule has 2 aromatic rings. The number of hydrogen-bond acceptors (Lipinski definition) is 3. The van der Waals surface area contributed by atoms with Crippen LogP contribution in [0.3, 0.4) is 0 Å². The largest absolute Gasteiger partial charge is 0.398 e. The van der Waals surface area contributed by atoms with Crippen molar-refractivity contribution in [3.05, 3.63) is 29.1 Å². The molecule has 0 aliphatic carbocycles. The molecule has 2 rings (SSSR count). The zero-order valence-electron chi connectivity index (χ0n) is 6.24. The standard InChI is InChI=1S/C9H6N2S/c10-5-6-3-8(11)7-1-2-12-9(7)4-6/h1-4H,11H2. The third-order valence-corrected chi connectivity index (χ3v) is 2.60.